The number of carbonyl (C=O) groups is 1. The molecule has 1 amide bonds. The quantitative estimate of drug-likeness (QED) is 0.709. The van der Waals surface area contributed by atoms with Crippen LogP contribution >= 0.6 is 11.3 Å². The second-order valence-corrected chi connectivity index (χ2v) is 8.32. The van der Waals surface area contributed by atoms with Gasteiger partial charge in [-0.05, 0) is 24.1 Å². The second-order valence-electron chi connectivity index (χ2n) is 7.46. The van der Waals surface area contributed by atoms with E-state index in [2.05, 4.69) is 29.0 Å². The van der Waals surface area contributed by atoms with Crippen LogP contribution in [0.15, 0.2) is 23.6 Å². The third-order valence-corrected chi connectivity index (χ3v) is 5.60. The van der Waals surface area contributed by atoms with Crippen molar-refractivity contribution in [2.45, 2.75) is 20.0 Å². The van der Waals surface area contributed by atoms with Crippen LogP contribution in [0.3, 0.4) is 0 Å². The first-order chi connectivity index (χ1) is 14.0. The molecule has 0 bridgehead atoms. The van der Waals surface area contributed by atoms with Gasteiger partial charge < -0.3 is 19.5 Å². The first-order valence-corrected chi connectivity index (χ1v) is 10.7. The molecule has 2 aromatic rings. The highest BCUT2D eigenvalue weighted by molar-refractivity contribution is 7.13. The van der Waals surface area contributed by atoms with Crippen LogP contribution in [0.25, 0.3) is 10.6 Å². The molecule has 1 aromatic heterocycles. The maximum absolute atomic E-state index is 12.5. The maximum atomic E-state index is 12.5. The largest absolute Gasteiger partial charge is 0.493 e. The van der Waals surface area contributed by atoms with Crippen molar-refractivity contribution in [3.05, 3.63) is 29.3 Å². The van der Waals surface area contributed by atoms with Gasteiger partial charge in [-0.1, -0.05) is 13.8 Å². The van der Waals surface area contributed by atoms with E-state index in [0.717, 1.165) is 30.2 Å². The summed E-state index contributed by atoms with van der Waals surface area (Å²) in [5.41, 5.74) is 1.29. The molecule has 7 nitrogen and oxygen atoms in total. The molecule has 1 atom stereocenters. The molecule has 0 aliphatic carbocycles. The highest BCUT2D eigenvalue weighted by Crippen LogP contribution is 2.33. The van der Waals surface area contributed by atoms with E-state index in [4.69, 9.17) is 14.2 Å². The number of thiazole rings is 1. The average molecular weight is 420 g/mol. The number of rotatable bonds is 8. The monoisotopic (exact) mass is 419 g/mol. The molecule has 1 aliphatic heterocycles. The van der Waals surface area contributed by atoms with E-state index in [9.17, 15) is 4.79 Å². The van der Waals surface area contributed by atoms with Gasteiger partial charge >= 0.3 is 0 Å². The Labute approximate surface area is 176 Å². The summed E-state index contributed by atoms with van der Waals surface area (Å²) in [5, 5.41) is 5.49. The van der Waals surface area contributed by atoms with Gasteiger partial charge in [0.15, 0.2) is 11.5 Å². The number of aromatic nitrogens is 1. The van der Waals surface area contributed by atoms with Gasteiger partial charge in [0, 0.05) is 37.1 Å². The number of ether oxygens (including phenoxy) is 3. The number of methoxy groups -OCH3 is 2. The Morgan fingerprint density at radius 2 is 2.14 bits per heavy atom. The second kappa shape index (κ2) is 10.0. The number of benzene rings is 1. The molecular formula is C21H29N3O4S. The molecule has 3 rings (SSSR count). The topological polar surface area (TPSA) is 72.9 Å². The van der Waals surface area contributed by atoms with Gasteiger partial charge in [-0.15, -0.1) is 11.3 Å². The number of nitrogens with zero attached hydrogens (tertiary/aromatic N) is 2. The molecule has 1 unspecified atom stereocenters. The Morgan fingerprint density at radius 3 is 2.86 bits per heavy atom. The molecule has 0 spiro atoms. The van der Waals surface area contributed by atoms with Gasteiger partial charge in [0.25, 0.3) is 5.91 Å². The van der Waals surface area contributed by atoms with E-state index in [1.165, 1.54) is 11.3 Å². The summed E-state index contributed by atoms with van der Waals surface area (Å²) in [6, 6.07) is 5.60. The van der Waals surface area contributed by atoms with E-state index >= 15 is 0 Å². The molecular weight excluding hydrogens is 390 g/mol. The number of nitrogens with one attached hydrogen (secondary N) is 1. The number of carbonyl (C=O) groups excluding carboxylic acids is 1. The minimum Gasteiger partial charge on any atom is -0.493 e. The first kappa shape index (κ1) is 21.5. The lowest BCUT2D eigenvalue weighted by Gasteiger charge is -2.33. The first-order valence-electron chi connectivity index (χ1n) is 9.80. The smallest absolute Gasteiger partial charge is 0.270 e. The van der Waals surface area contributed by atoms with E-state index in [1.807, 2.05) is 18.2 Å². The van der Waals surface area contributed by atoms with Crippen molar-refractivity contribution >= 4 is 17.2 Å². The molecule has 1 aromatic carbocycles. The van der Waals surface area contributed by atoms with Crippen LogP contribution in [0.2, 0.25) is 0 Å². The third kappa shape index (κ3) is 5.68. The Balaban J connectivity index is 1.58. The van der Waals surface area contributed by atoms with Gasteiger partial charge in [0.2, 0.25) is 0 Å². The molecule has 0 saturated carbocycles. The summed E-state index contributed by atoms with van der Waals surface area (Å²) < 4.78 is 16.4. The highest BCUT2D eigenvalue weighted by atomic mass is 32.1. The van der Waals surface area contributed by atoms with Gasteiger partial charge in [-0.25, -0.2) is 4.98 Å². The van der Waals surface area contributed by atoms with Crippen molar-refractivity contribution in [3.63, 3.8) is 0 Å². The zero-order chi connectivity index (χ0) is 20.8. The summed E-state index contributed by atoms with van der Waals surface area (Å²) in [6.07, 6.45) is 0.00963. The van der Waals surface area contributed by atoms with Crippen LogP contribution in [0.5, 0.6) is 11.5 Å². The zero-order valence-corrected chi connectivity index (χ0v) is 18.3. The van der Waals surface area contributed by atoms with E-state index in [1.54, 1.807) is 19.6 Å². The normalized spacial score (nSPS) is 17.3. The SMILES string of the molecule is COc1ccc(-c2nc(C(=O)NCC3CN(CC(C)C)CCO3)cs2)cc1OC. The summed E-state index contributed by atoms with van der Waals surface area (Å²) >= 11 is 1.42. The van der Waals surface area contributed by atoms with Crippen molar-refractivity contribution in [2.24, 2.45) is 5.92 Å². The van der Waals surface area contributed by atoms with Crippen LogP contribution in [0.1, 0.15) is 24.3 Å². The van der Waals surface area contributed by atoms with Crippen LogP contribution < -0.4 is 14.8 Å². The molecule has 1 aliphatic rings. The van der Waals surface area contributed by atoms with Gasteiger partial charge in [-0.3, -0.25) is 9.69 Å². The van der Waals surface area contributed by atoms with Gasteiger partial charge in [0.05, 0.1) is 26.9 Å². The van der Waals surface area contributed by atoms with Gasteiger partial charge in [0.1, 0.15) is 10.7 Å². The molecule has 1 saturated heterocycles. The summed E-state index contributed by atoms with van der Waals surface area (Å²) in [6.45, 7) is 8.45. The lowest BCUT2D eigenvalue weighted by Crippen LogP contribution is -2.48. The maximum Gasteiger partial charge on any atom is 0.270 e. The fourth-order valence-electron chi connectivity index (χ4n) is 3.36. The van der Waals surface area contributed by atoms with E-state index in [-0.39, 0.29) is 12.0 Å². The molecule has 0 radical (unpaired) electrons. The van der Waals surface area contributed by atoms with Crippen molar-refractivity contribution < 1.29 is 19.0 Å². The van der Waals surface area contributed by atoms with Crippen molar-refractivity contribution in [2.75, 3.05) is 47.0 Å². The fraction of sp³-hybridized carbons (Fsp3) is 0.524. The molecule has 1 fully saturated rings. The fourth-order valence-corrected chi connectivity index (χ4v) is 4.16. The Hall–Kier alpha value is -2.16. The molecule has 29 heavy (non-hydrogen) atoms. The van der Waals surface area contributed by atoms with Crippen molar-refractivity contribution in [1.29, 1.82) is 0 Å². The van der Waals surface area contributed by atoms with Crippen LogP contribution in [0, 0.1) is 5.92 Å². The predicted molar refractivity (Wildman–Crippen MR) is 114 cm³/mol. The molecule has 1 N–H and O–H groups in total. The van der Waals surface area contributed by atoms with Crippen molar-refractivity contribution in [1.82, 2.24) is 15.2 Å². The highest BCUT2D eigenvalue weighted by Gasteiger charge is 2.22. The number of morpholine rings is 1. The number of hydrogen-bond acceptors (Lipinski definition) is 7. The lowest BCUT2D eigenvalue weighted by atomic mass is 10.2. The third-order valence-electron chi connectivity index (χ3n) is 4.70. The Kier molecular flexibility index (Phi) is 7.46. The Bertz CT molecular complexity index is 824. The Morgan fingerprint density at radius 1 is 1.34 bits per heavy atom. The van der Waals surface area contributed by atoms with Gasteiger partial charge in [-0.2, -0.15) is 0 Å². The molecule has 2 heterocycles. The number of hydrogen-bond donors (Lipinski definition) is 1. The van der Waals surface area contributed by atoms with E-state index < -0.39 is 0 Å². The summed E-state index contributed by atoms with van der Waals surface area (Å²) in [7, 11) is 3.19. The minimum absolute atomic E-state index is 0.00963. The summed E-state index contributed by atoms with van der Waals surface area (Å²) in [4.78, 5) is 19.4. The number of amides is 1. The standard InChI is InChI=1S/C21H29N3O4S/c1-14(2)11-24-7-8-28-16(12-24)10-22-20(25)17-13-29-21(23-17)15-5-6-18(26-3)19(9-15)27-4/h5-6,9,13-14,16H,7-8,10-12H2,1-4H3,(H,22,25). The molecule has 158 valence electrons. The van der Waals surface area contributed by atoms with Crippen molar-refractivity contribution in [3.8, 4) is 22.1 Å². The van der Waals surface area contributed by atoms with Crippen LogP contribution in [-0.2, 0) is 4.74 Å². The van der Waals surface area contributed by atoms with Crippen LogP contribution in [0.4, 0.5) is 0 Å². The van der Waals surface area contributed by atoms with Crippen LogP contribution in [-0.4, -0.2) is 68.9 Å². The summed E-state index contributed by atoms with van der Waals surface area (Å²) in [5.74, 6) is 1.72. The lowest BCUT2D eigenvalue weighted by molar-refractivity contribution is -0.0295. The molecule has 8 heteroatoms. The average Bonchev–Trinajstić information content (AvgIpc) is 3.21. The zero-order valence-electron chi connectivity index (χ0n) is 17.4. The van der Waals surface area contributed by atoms with E-state index in [0.29, 0.717) is 36.3 Å². The predicted octanol–water partition coefficient (Wildman–Crippen LogP) is 2.91. The minimum atomic E-state index is -0.183.